The molecule has 2 aromatic rings. The molecule has 0 saturated heterocycles. The predicted molar refractivity (Wildman–Crippen MR) is 76.7 cm³/mol. The van der Waals surface area contributed by atoms with Crippen LogP contribution >= 0.6 is 11.8 Å². The lowest BCUT2D eigenvalue weighted by Gasteiger charge is -2.15. The smallest absolute Gasteiger partial charge is 0.123 e. The minimum atomic E-state index is -0.197. The van der Waals surface area contributed by atoms with E-state index in [1.165, 1.54) is 12.1 Å². The van der Waals surface area contributed by atoms with Gasteiger partial charge in [0.2, 0.25) is 0 Å². The number of aryl methyl sites for hydroxylation is 1. The van der Waals surface area contributed by atoms with Crippen molar-refractivity contribution in [1.82, 2.24) is 15.1 Å². The minimum absolute atomic E-state index is 0.197. The van der Waals surface area contributed by atoms with Gasteiger partial charge >= 0.3 is 0 Å². The average molecular weight is 279 g/mol. The summed E-state index contributed by atoms with van der Waals surface area (Å²) in [7, 11) is 1.92. The Hall–Kier alpha value is -1.33. The molecular weight excluding hydrogens is 261 g/mol. The molecule has 0 aliphatic carbocycles. The highest BCUT2D eigenvalue weighted by Crippen LogP contribution is 2.24. The van der Waals surface area contributed by atoms with Crippen LogP contribution in [-0.2, 0) is 7.05 Å². The monoisotopic (exact) mass is 279 g/mol. The van der Waals surface area contributed by atoms with E-state index < -0.39 is 0 Å². The second-order valence-electron chi connectivity index (χ2n) is 4.29. The quantitative estimate of drug-likeness (QED) is 0.824. The summed E-state index contributed by atoms with van der Waals surface area (Å²) in [5.41, 5.74) is 1.04. The molecule has 1 unspecified atom stereocenters. The molecule has 5 heteroatoms. The zero-order valence-corrected chi connectivity index (χ0v) is 12.0. The second kappa shape index (κ2) is 6.73. The summed E-state index contributed by atoms with van der Waals surface area (Å²) in [6.45, 7) is 2.98. The van der Waals surface area contributed by atoms with E-state index in [0.717, 1.165) is 22.9 Å². The summed E-state index contributed by atoms with van der Waals surface area (Å²) in [5.74, 6) is 0.675. The van der Waals surface area contributed by atoms with E-state index in [2.05, 4.69) is 17.3 Å². The van der Waals surface area contributed by atoms with Gasteiger partial charge in [-0.15, -0.1) is 11.8 Å². The van der Waals surface area contributed by atoms with Gasteiger partial charge in [0.25, 0.3) is 0 Å². The Labute approximate surface area is 117 Å². The molecular formula is C14H18FN3S. The Morgan fingerprint density at radius 1 is 1.32 bits per heavy atom. The summed E-state index contributed by atoms with van der Waals surface area (Å²) in [6.07, 6.45) is 1.95. The third-order valence-electron chi connectivity index (χ3n) is 2.77. The summed E-state index contributed by atoms with van der Waals surface area (Å²) in [4.78, 5) is 1.07. The third-order valence-corrected chi connectivity index (χ3v) is 3.88. The molecule has 1 N–H and O–H groups in total. The number of benzene rings is 1. The average Bonchev–Trinajstić information content (AvgIpc) is 2.83. The van der Waals surface area contributed by atoms with Gasteiger partial charge in [-0.25, -0.2) is 4.39 Å². The highest BCUT2D eigenvalue weighted by Gasteiger charge is 2.13. The number of thioether (sulfide) groups is 1. The number of aromatic nitrogens is 2. The van der Waals surface area contributed by atoms with Crippen molar-refractivity contribution in [1.29, 1.82) is 0 Å². The van der Waals surface area contributed by atoms with Crippen LogP contribution in [0.15, 0.2) is 41.4 Å². The fourth-order valence-corrected chi connectivity index (χ4v) is 2.80. The first kappa shape index (κ1) is 14.1. The molecule has 1 heterocycles. The number of hydrogen-bond donors (Lipinski definition) is 1. The molecule has 102 valence electrons. The molecule has 0 aliphatic rings. The first-order valence-corrected chi connectivity index (χ1v) is 7.29. The summed E-state index contributed by atoms with van der Waals surface area (Å²) >= 11 is 1.70. The number of rotatable bonds is 6. The zero-order chi connectivity index (χ0) is 13.7. The van der Waals surface area contributed by atoms with Crippen LogP contribution in [0.4, 0.5) is 4.39 Å². The van der Waals surface area contributed by atoms with Crippen molar-refractivity contribution in [3.63, 3.8) is 0 Å². The lowest BCUT2D eigenvalue weighted by Crippen LogP contribution is -2.23. The molecule has 0 saturated carbocycles. The van der Waals surface area contributed by atoms with Gasteiger partial charge in [-0.3, -0.25) is 4.68 Å². The van der Waals surface area contributed by atoms with Crippen LogP contribution in [0.25, 0.3) is 0 Å². The first-order chi connectivity index (χ1) is 9.19. The summed E-state index contributed by atoms with van der Waals surface area (Å²) in [5, 5.41) is 7.86. The number of halogens is 1. The van der Waals surface area contributed by atoms with E-state index in [1.807, 2.05) is 24.0 Å². The molecule has 0 bridgehead atoms. The minimum Gasteiger partial charge on any atom is -0.308 e. The van der Waals surface area contributed by atoms with Gasteiger partial charge in [-0.1, -0.05) is 6.92 Å². The second-order valence-corrected chi connectivity index (χ2v) is 5.38. The van der Waals surface area contributed by atoms with Crippen LogP contribution in [-0.4, -0.2) is 22.1 Å². The van der Waals surface area contributed by atoms with Gasteiger partial charge in [0, 0.05) is 23.9 Å². The van der Waals surface area contributed by atoms with E-state index in [4.69, 9.17) is 0 Å². The normalized spacial score (nSPS) is 12.6. The Morgan fingerprint density at radius 3 is 2.63 bits per heavy atom. The molecule has 1 atom stereocenters. The van der Waals surface area contributed by atoms with Gasteiger partial charge in [-0.2, -0.15) is 5.10 Å². The van der Waals surface area contributed by atoms with Crippen molar-refractivity contribution in [2.45, 2.75) is 17.9 Å². The molecule has 1 aromatic carbocycles. The van der Waals surface area contributed by atoms with Crippen molar-refractivity contribution in [3.05, 3.63) is 48.0 Å². The van der Waals surface area contributed by atoms with Crippen molar-refractivity contribution in [2.24, 2.45) is 7.05 Å². The Morgan fingerprint density at radius 2 is 2.05 bits per heavy atom. The maximum absolute atomic E-state index is 12.8. The van der Waals surface area contributed by atoms with Crippen LogP contribution in [0.3, 0.4) is 0 Å². The largest absolute Gasteiger partial charge is 0.308 e. The van der Waals surface area contributed by atoms with Crippen LogP contribution in [0.2, 0.25) is 0 Å². The molecule has 2 rings (SSSR count). The molecule has 0 spiro atoms. The van der Waals surface area contributed by atoms with Crippen LogP contribution in [0.1, 0.15) is 18.7 Å². The SMILES string of the molecule is CCNC(CSc1ccc(F)cc1)c1ccn(C)n1. The van der Waals surface area contributed by atoms with E-state index in [1.54, 1.807) is 23.9 Å². The van der Waals surface area contributed by atoms with E-state index in [0.29, 0.717) is 0 Å². The fraction of sp³-hybridized carbons (Fsp3) is 0.357. The van der Waals surface area contributed by atoms with E-state index >= 15 is 0 Å². The Balaban J connectivity index is 1.99. The summed E-state index contributed by atoms with van der Waals surface area (Å²) < 4.78 is 14.6. The topological polar surface area (TPSA) is 29.9 Å². The molecule has 3 nitrogen and oxygen atoms in total. The molecule has 0 fully saturated rings. The summed E-state index contributed by atoms with van der Waals surface area (Å²) in [6, 6.07) is 8.83. The standard InChI is InChI=1S/C14H18FN3S/c1-3-16-14(13-8-9-18(2)17-13)10-19-12-6-4-11(15)5-7-12/h4-9,14,16H,3,10H2,1-2H3. The van der Waals surface area contributed by atoms with Gasteiger partial charge in [0.15, 0.2) is 0 Å². The maximum Gasteiger partial charge on any atom is 0.123 e. The number of hydrogen-bond acceptors (Lipinski definition) is 3. The molecule has 19 heavy (non-hydrogen) atoms. The lowest BCUT2D eigenvalue weighted by molar-refractivity contribution is 0.578. The van der Waals surface area contributed by atoms with Gasteiger partial charge in [-0.05, 0) is 36.9 Å². The van der Waals surface area contributed by atoms with Crippen LogP contribution in [0.5, 0.6) is 0 Å². The molecule has 0 amide bonds. The molecule has 0 aliphatic heterocycles. The van der Waals surface area contributed by atoms with E-state index in [-0.39, 0.29) is 11.9 Å². The zero-order valence-electron chi connectivity index (χ0n) is 11.1. The molecule has 0 radical (unpaired) electrons. The van der Waals surface area contributed by atoms with Gasteiger partial charge in [0.05, 0.1) is 11.7 Å². The number of nitrogens with zero attached hydrogens (tertiary/aromatic N) is 2. The first-order valence-electron chi connectivity index (χ1n) is 6.30. The van der Waals surface area contributed by atoms with Crippen LogP contribution in [0, 0.1) is 5.82 Å². The Kier molecular flexibility index (Phi) is 4.99. The van der Waals surface area contributed by atoms with Crippen LogP contribution < -0.4 is 5.32 Å². The highest BCUT2D eigenvalue weighted by atomic mass is 32.2. The third kappa shape index (κ3) is 4.08. The molecule has 1 aromatic heterocycles. The lowest BCUT2D eigenvalue weighted by atomic mass is 10.2. The fourth-order valence-electron chi connectivity index (χ4n) is 1.82. The maximum atomic E-state index is 12.8. The van der Waals surface area contributed by atoms with Gasteiger partial charge < -0.3 is 5.32 Å². The Bertz CT molecular complexity index is 510. The van der Waals surface area contributed by atoms with Crippen molar-refractivity contribution in [2.75, 3.05) is 12.3 Å². The predicted octanol–water partition coefficient (Wildman–Crippen LogP) is 3.00. The van der Waals surface area contributed by atoms with Crippen molar-refractivity contribution >= 4 is 11.8 Å². The van der Waals surface area contributed by atoms with Crippen molar-refractivity contribution < 1.29 is 4.39 Å². The number of nitrogens with one attached hydrogen (secondary N) is 1. The van der Waals surface area contributed by atoms with Crippen molar-refractivity contribution in [3.8, 4) is 0 Å². The highest BCUT2D eigenvalue weighted by molar-refractivity contribution is 7.99. The van der Waals surface area contributed by atoms with E-state index in [9.17, 15) is 4.39 Å². The van der Waals surface area contributed by atoms with Gasteiger partial charge in [0.1, 0.15) is 5.82 Å².